The molecule has 0 aromatic rings. The van der Waals surface area contributed by atoms with Gasteiger partial charge in [0.2, 0.25) is 0 Å². The Morgan fingerprint density at radius 2 is 1.96 bits per heavy atom. The highest BCUT2D eigenvalue weighted by Gasteiger charge is 2.71. The molecule has 0 unspecified atom stereocenters. The van der Waals surface area contributed by atoms with Gasteiger partial charge in [-0.05, 0) is 56.4 Å². The molecule has 3 nitrogen and oxygen atoms in total. The van der Waals surface area contributed by atoms with E-state index in [1.54, 1.807) is 13.0 Å². The van der Waals surface area contributed by atoms with Crippen LogP contribution in [0.4, 0.5) is 4.39 Å². The summed E-state index contributed by atoms with van der Waals surface area (Å²) >= 11 is 0. The Balaban J connectivity index is 1.79. The minimum Gasteiger partial charge on any atom is -0.390 e. The van der Waals surface area contributed by atoms with E-state index in [0.29, 0.717) is 12.8 Å². The first kappa shape index (κ1) is 16.4. The van der Waals surface area contributed by atoms with Gasteiger partial charge in [0.1, 0.15) is 11.5 Å². The fraction of sp³-hybridized carbons (Fsp3) is 0.800. The molecule has 0 bridgehead atoms. The maximum Gasteiger partial charge on any atom is 0.156 e. The van der Waals surface area contributed by atoms with E-state index in [0.717, 1.165) is 24.8 Å². The van der Waals surface area contributed by atoms with Gasteiger partial charge in [-0.2, -0.15) is 0 Å². The van der Waals surface area contributed by atoms with Crippen LogP contribution in [0.5, 0.6) is 0 Å². The number of carbonyl (C=O) groups is 2. The van der Waals surface area contributed by atoms with Crippen molar-refractivity contribution in [2.24, 2.45) is 28.6 Å². The lowest BCUT2D eigenvalue weighted by Crippen LogP contribution is -2.66. The molecule has 0 aromatic carbocycles. The first-order valence-corrected chi connectivity index (χ1v) is 9.26. The number of rotatable bonds is 1. The zero-order chi connectivity index (χ0) is 17.5. The Morgan fingerprint density at radius 3 is 2.62 bits per heavy atom. The van der Waals surface area contributed by atoms with Crippen LogP contribution in [-0.4, -0.2) is 28.4 Å². The van der Waals surface area contributed by atoms with E-state index in [9.17, 15) is 14.7 Å². The van der Waals surface area contributed by atoms with Crippen LogP contribution in [0.15, 0.2) is 11.6 Å². The normalized spacial score (nSPS) is 53.2. The van der Waals surface area contributed by atoms with Gasteiger partial charge >= 0.3 is 0 Å². The quantitative estimate of drug-likeness (QED) is 0.800. The molecule has 4 aliphatic rings. The van der Waals surface area contributed by atoms with Crippen molar-refractivity contribution in [3.63, 3.8) is 0 Å². The first-order chi connectivity index (χ1) is 11.1. The van der Waals surface area contributed by atoms with Crippen molar-refractivity contribution in [3.8, 4) is 0 Å². The molecule has 24 heavy (non-hydrogen) atoms. The van der Waals surface area contributed by atoms with Gasteiger partial charge in [-0.3, -0.25) is 9.59 Å². The molecule has 0 radical (unpaired) electrons. The molecule has 0 spiro atoms. The third-order valence-corrected chi connectivity index (χ3v) is 8.19. The maximum atomic E-state index is 16.5. The highest BCUT2D eigenvalue weighted by molar-refractivity contribution is 5.94. The van der Waals surface area contributed by atoms with E-state index in [4.69, 9.17) is 0 Å². The zero-order valence-corrected chi connectivity index (χ0v) is 14.8. The number of alkyl halides is 1. The number of allylic oxidation sites excluding steroid dienone is 2. The highest BCUT2D eigenvalue weighted by Crippen LogP contribution is 2.69. The lowest BCUT2D eigenvalue weighted by molar-refractivity contribution is -0.204. The lowest BCUT2D eigenvalue weighted by atomic mass is 9.46. The molecule has 0 aliphatic heterocycles. The summed E-state index contributed by atoms with van der Waals surface area (Å²) in [5.41, 5.74) is -2.05. The molecule has 4 rings (SSSR count). The van der Waals surface area contributed by atoms with Crippen LogP contribution in [0.25, 0.3) is 0 Å². The number of hydrogen-bond acceptors (Lipinski definition) is 3. The molecule has 0 heterocycles. The van der Waals surface area contributed by atoms with Gasteiger partial charge in [0.15, 0.2) is 5.78 Å². The Morgan fingerprint density at radius 1 is 1.25 bits per heavy atom. The van der Waals surface area contributed by atoms with E-state index in [1.807, 2.05) is 6.92 Å². The monoisotopic (exact) mass is 334 g/mol. The number of ketones is 2. The number of aliphatic hydroxyl groups excluding tert-OH is 1. The van der Waals surface area contributed by atoms with E-state index in [2.05, 4.69) is 6.92 Å². The number of hydrogen-bond donors (Lipinski definition) is 1. The Labute approximate surface area is 142 Å². The topological polar surface area (TPSA) is 54.4 Å². The third-order valence-electron chi connectivity index (χ3n) is 8.19. The Kier molecular flexibility index (Phi) is 3.27. The van der Waals surface area contributed by atoms with Crippen LogP contribution < -0.4 is 0 Å². The molecule has 4 heteroatoms. The van der Waals surface area contributed by atoms with Crippen molar-refractivity contribution in [2.75, 3.05) is 0 Å². The summed E-state index contributed by atoms with van der Waals surface area (Å²) in [5, 5.41) is 10.9. The van der Waals surface area contributed by atoms with Gasteiger partial charge in [0.05, 0.1) is 6.10 Å². The largest absolute Gasteiger partial charge is 0.390 e. The molecule has 3 saturated carbocycles. The van der Waals surface area contributed by atoms with Gasteiger partial charge < -0.3 is 5.11 Å². The second-order valence-electron chi connectivity index (χ2n) is 9.13. The minimum atomic E-state index is -1.75. The van der Waals surface area contributed by atoms with Gasteiger partial charge in [-0.1, -0.05) is 19.4 Å². The Bertz CT molecular complexity index is 655. The predicted molar refractivity (Wildman–Crippen MR) is 88.0 cm³/mol. The van der Waals surface area contributed by atoms with Crippen molar-refractivity contribution >= 4 is 11.6 Å². The average Bonchev–Trinajstić information content (AvgIpc) is 2.96. The summed E-state index contributed by atoms with van der Waals surface area (Å²) in [6.45, 7) is 5.53. The summed E-state index contributed by atoms with van der Waals surface area (Å²) in [4.78, 5) is 24.1. The molecule has 1 N–H and O–H groups in total. The fourth-order valence-corrected chi connectivity index (χ4v) is 7.09. The molecule has 0 saturated heterocycles. The zero-order valence-electron chi connectivity index (χ0n) is 14.8. The summed E-state index contributed by atoms with van der Waals surface area (Å²) < 4.78 is 16.5. The van der Waals surface area contributed by atoms with Crippen LogP contribution in [0.3, 0.4) is 0 Å². The lowest BCUT2D eigenvalue weighted by Gasteiger charge is -2.61. The third kappa shape index (κ3) is 1.71. The van der Waals surface area contributed by atoms with Crippen LogP contribution in [-0.2, 0) is 9.59 Å². The fourth-order valence-electron chi connectivity index (χ4n) is 7.09. The SMILES string of the molecule is CC(=O)[C@H]1CC[C@H]2[C@@H]3CCC4=CC(=O)C[C@]4(C)[C@@]3(F)[C@@H](O)C[C@]12C. The summed E-state index contributed by atoms with van der Waals surface area (Å²) in [6.07, 6.45) is 4.07. The second-order valence-corrected chi connectivity index (χ2v) is 9.13. The van der Waals surface area contributed by atoms with E-state index in [-0.39, 0.29) is 41.2 Å². The molecule has 3 fully saturated rings. The average molecular weight is 334 g/mol. The molecule has 132 valence electrons. The molecule has 7 atom stereocenters. The Hall–Kier alpha value is -1.03. The van der Waals surface area contributed by atoms with Crippen molar-refractivity contribution < 1.29 is 19.1 Å². The smallest absolute Gasteiger partial charge is 0.156 e. The molecular weight excluding hydrogens is 307 g/mol. The molecule has 4 aliphatic carbocycles. The maximum absolute atomic E-state index is 16.5. The van der Waals surface area contributed by atoms with Crippen LogP contribution in [0.2, 0.25) is 0 Å². The van der Waals surface area contributed by atoms with Crippen molar-refractivity contribution in [1.29, 1.82) is 0 Å². The van der Waals surface area contributed by atoms with Gasteiger partial charge in [0.25, 0.3) is 0 Å². The van der Waals surface area contributed by atoms with E-state index >= 15 is 4.39 Å². The van der Waals surface area contributed by atoms with Crippen LogP contribution in [0, 0.1) is 28.6 Å². The number of fused-ring (bicyclic) bond motifs is 5. The molecular formula is C20H27FO3. The minimum absolute atomic E-state index is 0.0151. The summed E-state index contributed by atoms with van der Waals surface area (Å²) in [7, 11) is 0. The second kappa shape index (κ2) is 4.78. The van der Waals surface area contributed by atoms with Gasteiger partial charge in [-0.15, -0.1) is 0 Å². The van der Waals surface area contributed by atoms with Crippen LogP contribution in [0.1, 0.15) is 59.3 Å². The standard InChI is InChI=1S/C20H27FO3/c1-11(22)14-6-7-15-16-5-4-12-8-13(23)9-19(12,3)20(16,21)17(24)10-18(14,15)2/h8,14-17,24H,4-7,9-10H2,1-3H3/t14-,15+,16+,17+,18-,19+,20+/m1/s1. The van der Waals surface area contributed by atoms with Crippen molar-refractivity contribution in [1.82, 2.24) is 0 Å². The first-order valence-electron chi connectivity index (χ1n) is 9.26. The van der Waals surface area contributed by atoms with Crippen LogP contribution >= 0.6 is 0 Å². The van der Waals surface area contributed by atoms with E-state index in [1.165, 1.54) is 0 Å². The number of aliphatic hydroxyl groups is 1. The van der Waals surface area contributed by atoms with E-state index < -0.39 is 17.2 Å². The number of carbonyl (C=O) groups excluding carboxylic acids is 2. The predicted octanol–water partition coefficient (Wildman–Crippen LogP) is 3.40. The van der Waals surface area contributed by atoms with Crippen molar-refractivity contribution in [2.45, 2.75) is 71.1 Å². The molecule has 0 aromatic heterocycles. The summed E-state index contributed by atoms with van der Waals surface area (Å²) in [5.74, 6) is -0.0647. The highest BCUT2D eigenvalue weighted by atomic mass is 19.1. The molecule has 0 amide bonds. The number of Topliss-reactive ketones (excluding diaryl/α,β-unsaturated/α-hetero) is 1. The summed E-state index contributed by atoms with van der Waals surface area (Å²) in [6, 6.07) is 0. The van der Waals surface area contributed by atoms with Crippen molar-refractivity contribution in [3.05, 3.63) is 11.6 Å². The number of halogens is 1. The van der Waals surface area contributed by atoms with Gasteiger partial charge in [-0.25, -0.2) is 4.39 Å². The van der Waals surface area contributed by atoms with Gasteiger partial charge in [0, 0.05) is 23.7 Å².